The van der Waals surface area contributed by atoms with E-state index in [1.165, 1.54) is 15.4 Å². The fourth-order valence-electron chi connectivity index (χ4n) is 4.60. The van der Waals surface area contributed by atoms with Crippen LogP contribution in [0.25, 0.3) is 0 Å². The molecule has 0 radical (unpaired) electrons. The lowest BCUT2D eigenvalue weighted by atomic mass is 9.64. The van der Waals surface area contributed by atoms with Crippen LogP contribution in [0.3, 0.4) is 0 Å². The second-order valence-corrected chi connectivity index (χ2v) is 9.65. The number of nitrogens with zero attached hydrogens (tertiary/aromatic N) is 1. The summed E-state index contributed by atoms with van der Waals surface area (Å²) in [4.78, 5) is 28.1. The Morgan fingerprint density at radius 2 is 1.88 bits per heavy atom. The topological polar surface area (TPSA) is 49.4 Å². The van der Waals surface area contributed by atoms with Crippen LogP contribution in [0.1, 0.15) is 45.6 Å². The van der Waals surface area contributed by atoms with Crippen molar-refractivity contribution in [2.75, 3.05) is 12.3 Å². The number of benzene rings is 1. The van der Waals surface area contributed by atoms with E-state index in [9.17, 15) is 9.59 Å². The molecule has 0 aromatic heterocycles. The number of hydrogen-bond acceptors (Lipinski definition) is 3. The molecule has 0 bridgehead atoms. The normalized spacial score (nSPS) is 28.5. The van der Waals surface area contributed by atoms with Crippen LogP contribution >= 0.6 is 11.8 Å². The summed E-state index contributed by atoms with van der Waals surface area (Å²) in [6.07, 6.45) is 2.58. The van der Waals surface area contributed by atoms with Crippen molar-refractivity contribution >= 4 is 23.7 Å². The molecule has 1 aromatic carbocycles. The Morgan fingerprint density at radius 3 is 2.52 bits per heavy atom. The van der Waals surface area contributed by atoms with Gasteiger partial charge in [0.25, 0.3) is 5.91 Å². The molecule has 3 amide bonds. The van der Waals surface area contributed by atoms with Crippen LogP contribution in [-0.2, 0) is 4.79 Å². The summed E-state index contributed by atoms with van der Waals surface area (Å²) in [5, 5.41) is 3.04. The van der Waals surface area contributed by atoms with Crippen LogP contribution in [0.5, 0.6) is 0 Å². The van der Waals surface area contributed by atoms with Crippen molar-refractivity contribution in [3.63, 3.8) is 0 Å². The van der Waals surface area contributed by atoms with Gasteiger partial charge in [-0.2, -0.15) is 0 Å². The standard InChI is InChI=1S/C20H28N2O2S/c1-14-5-7-16(8-6-14)25-10-9-22-17(23)20(21-18(22)24)12-15(2)11-19(3,4)13-20/h5-8,15H,9-13H2,1-4H3,(H,21,24). The molecule has 136 valence electrons. The van der Waals surface area contributed by atoms with E-state index in [4.69, 9.17) is 0 Å². The number of carbonyl (C=O) groups excluding carboxylic acids is 2. The second kappa shape index (κ2) is 6.67. The zero-order valence-electron chi connectivity index (χ0n) is 15.6. The van der Waals surface area contributed by atoms with Crippen molar-refractivity contribution in [2.24, 2.45) is 11.3 Å². The zero-order valence-corrected chi connectivity index (χ0v) is 16.4. The first-order valence-electron chi connectivity index (χ1n) is 9.04. The predicted molar refractivity (Wildman–Crippen MR) is 102 cm³/mol. The molecular formula is C20H28N2O2S. The van der Waals surface area contributed by atoms with E-state index in [1.807, 2.05) is 0 Å². The highest BCUT2D eigenvalue weighted by atomic mass is 32.2. The molecule has 5 heteroatoms. The number of aryl methyl sites for hydroxylation is 1. The molecule has 4 nitrogen and oxygen atoms in total. The Bertz CT molecular complexity index is 671. The molecule has 1 saturated carbocycles. The third-order valence-electron chi connectivity index (χ3n) is 5.23. The van der Waals surface area contributed by atoms with Gasteiger partial charge in [-0.15, -0.1) is 11.8 Å². The van der Waals surface area contributed by atoms with Crippen LogP contribution in [0.2, 0.25) is 0 Å². The van der Waals surface area contributed by atoms with Gasteiger partial charge in [0, 0.05) is 17.2 Å². The summed E-state index contributed by atoms with van der Waals surface area (Å²) < 4.78 is 0. The lowest BCUT2D eigenvalue weighted by molar-refractivity contribution is -0.134. The number of rotatable bonds is 4. The molecule has 1 heterocycles. The summed E-state index contributed by atoms with van der Waals surface area (Å²) in [5.41, 5.74) is 0.620. The Labute approximate surface area is 154 Å². The summed E-state index contributed by atoms with van der Waals surface area (Å²) in [6.45, 7) is 9.09. The Hall–Kier alpha value is -1.49. The minimum Gasteiger partial charge on any atom is -0.323 e. The van der Waals surface area contributed by atoms with Crippen molar-refractivity contribution in [2.45, 2.75) is 57.4 Å². The van der Waals surface area contributed by atoms with Gasteiger partial charge < -0.3 is 5.32 Å². The minimum atomic E-state index is -0.688. The number of nitrogens with one attached hydrogen (secondary N) is 1. The molecule has 1 spiro atoms. The van der Waals surface area contributed by atoms with Gasteiger partial charge in [0.05, 0.1) is 0 Å². The van der Waals surface area contributed by atoms with Gasteiger partial charge in [0.15, 0.2) is 0 Å². The SMILES string of the molecule is Cc1ccc(SCCN2C(=O)NC3(CC(C)CC(C)(C)C3)C2=O)cc1. The van der Waals surface area contributed by atoms with Crippen molar-refractivity contribution in [1.29, 1.82) is 0 Å². The van der Waals surface area contributed by atoms with Crippen molar-refractivity contribution in [3.8, 4) is 0 Å². The molecule has 1 saturated heterocycles. The Morgan fingerprint density at radius 1 is 1.20 bits per heavy atom. The van der Waals surface area contributed by atoms with Gasteiger partial charge in [-0.25, -0.2) is 4.79 Å². The van der Waals surface area contributed by atoms with E-state index >= 15 is 0 Å². The highest BCUT2D eigenvalue weighted by molar-refractivity contribution is 7.99. The van der Waals surface area contributed by atoms with Crippen molar-refractivity contribution in [1.82, 2.24) is 10.2 Å². The molecule has 2 atom stereocenters. The lowest BCUT2D eigenvalue weighted by Gasteiger charge is -2.43. The van der Waals surface area contributed by atoms with Gasteiger partial charge in [-0.3, -0.25) is 9.69 Å². The first kappa shape index (κ1) is 18.3. The van der Waals surface area contributed by atoms with E-state index in [0.29, 0.717) is 12.5 Å². The van der Waals surface area contributed by atoms with Gasteiger partial charge >= 0.3 is 6.03 Å². The van der Waals surface area contributed by atoms with E-state index < -0.39 is 5.54 Å². The van der Waals surface area contributed by atoms with Gasteiger partial charge in [-0.1, -0.05) is 38.5 Å². The molecule has 2 aliphatic rings. The third-order valence-corrected chi connectivity index (χ3v) is 6.22. The Balaban J connectivity index is 1.64. The van der Waals surface area contributed by atoms with Crippen LogP contribution in [0, 0.1) is 18.3 Å². The molecule has 1 aromatic rings. The quantitative estimate of drug-likeness (QED) is 0.646. The monoisotopic (exact) mass is 360 g/mol. The molecule has 1 aliphatic heterocycles. The Kier molecular flexibility index (Phi) is 4.89. The summed E-state index contributed by atoms with van der Waals surface area (Å²) in [7, 11) is 0. The summed E-state index contributed by atoms with van der Waals surface area (Å²) in [6, 6.07) is 8.10. The van der Waals surface area contributed by atoms with E-state index in [-0.39, 0.29) is 17.4 Å². The molecule has 1 N–H and O–H groups in total. The molecule has 1 aliphatic carbocycles. The van der Waals surface area contributed by atoms with Crippen molar-refractivity contribution in [3.05, 3.63) is 29.8 Å². The maximum absolute atomic E-state index is 13.0. The molecule has 2 unspecified atom stereocenters. The number of carbonyl (C=O) groups is 2. The molecule has 3 rings (SSSR count). The van der Waals surface area contributed by atoms with Gasteiger partial charge in [0.1, 0.15) is 5.54 Å². The lowest BCUT2D eigenvalue weighted by Crippen LogP contribution is -2.54. The zero-order chi connectivity index (χ0) is 18.2. The van der Waals surface area contributed by atoms with Crippen molar-refractivity contribution < 1.29 is 9.59 Å². The molecule has 25 heavy (non-hydrogen) atoms. The van der Waals surface area contributed by atoms with E-state index in [1.54, 1.807) is 11.8 Å². The number of imide groups is 1. The first-order valence-corrected chi connectivity index (χ1v) is 10.0. The third kappa shape index (κ3) is 3.86. The fraction of sp³-hybridized carbons (Fsp3) is 0.600. The van der Waals surface area contributed by atoms with Gasteiger partial charge in [0.2, 0.25) is 0 Å². The fourth-order valence-corrected chi connectivity index (χ4v) is 5.44. The van der Waals surface area contributed by atoms with Crippen LogP contribution < -0.4 is 5.32 Å². The predicted octanol–water partition coefficient (Wildman–Crippen LogP) is 4.22. The summed E-state index contributed by atoms with van der Waals surface area (Å²) >= 11 is 1.68. The van der Waals surface area contributed by atoms with E-state index in [2.05, 4.69) is 57.3 Å². The number of amides is 3. The molecular weight excluding hydrogens is 332 g/mol. The highest BCUT2D eigenvalue weighted by Crippen LogP contribution is 2.46. The van der Waals surface area contributed by atoms with Crippen LogP contribution in [-0.4, -0.2) is 34.7 Å². The van der Waals surface area contributed by atoms with Crippen LogP contribution in [0.4, 0.5) is 4.79 Å². The van der Waals surface area contributed by atoms with Crippen LogP contribution in [0.15, 0.2) is 29.2 Å². The maximum atomic E-state index is 13.0. The average molecular weight is 361 g/mol. The number of thioether (sulfide) groups is 1. The van der Waals surface area contributed by atoms with Gasteiger partial charge in [-0.05, 0) is 49.7 Å². The smallest absolute Gasteiger partial charge is 0.323 e. The van der Waals surface area contributed by atoms with E-state index in [0.717, 1.165) is 25.0 Å². The largest absolute Gasteiger partial charge is 0.325 e. The number of urea groups is 1. The summed E-state index contributed by atoms with van der Waals surface area (Å²) in [5.74, 6) is 1.13. The highest BCUT2D eigenvalue weighted by Gasteiger charge is 2.55. The first-order chi connectivity index (χ1) is 11.7. The second-order valence-electron chi connectivity index (χ2n) is 8.48. The maximum Gasteiger partial charge on any atom is 0.325 e. The average Bonchev–Trinajstić information content (AvgIpc) is 2.70. The number of hydrogen-bond donors (Lipinski definition) is 1. The molecule has 2 fully saturated rings. The minimum absolute atomic E-state index is 0.0263.